The Hall–Kier alpha value is -1.08. The van der Waals surface area contributed by atoms with Crippen LogP contribution in [0.15, 0.2) is 42.5 Å². The quantitative estimate of drug-likeness (QED) is 0.628. The molecule has 2 aromatic carbocycles. The van der Waals surface area contributed by atoms with Gasteiger partial charge >= 0.3 is 0 Å². The van der Waals surface area contributed by atoms with Gasteiger partial charge in [-0.2, -0.15) is 0 Å². The molecule has 0 saturated heterocycles. The van der Waals surface area contributed by atoms with Gasteiger partial charge in [0.15, 0.2) is 0 Å². The summed E-state index contributed by atoms with van der Waals surface area (Å²) in [5.41, 5.74) is 7.52. The maximum absolute atomic E-state index is 4.03. The number of fused-ring (bicyclic) bond motifs is 1. The topological polar surface area (TPSA) is 0 Å². The van der Waals surface area contributed by atoms with E-state index >= 15 is 0 Å². The lowest BCUT2D eigenvalue weighted by atomic mass is 9.91. The molecule has 21 heavy (non-hydrogen) atoms. The van der Waals surface area contributed by atoms with Crippen molar-refractivity contribution in [2.24, 2.45) is 5.92 Å². The van der Waals surface area contributed by atoms with E-state index in [1.807, 2.05) is 0 Å². The summed E-state index contributed by atoms with van der Waals surface area (Å²) in [7, 11) is 0. The van der Waals surface area contributed by atoms with Crippen LogP contribution in [0.1, 0.15) is 46.5 Å². The van der Waals surface area contributed by atoms with Gasteiger partial charge in [-0.25, -0.2) is 0 Å². The molecule has 0 spiro atoms. The average molecular weight is 343 g/mol. The maximum Gasteiger partial charge on any atom is 0.0432 e. The smallest absolute Gasteiger partial charge is 0.0432 e. The van der Waals surface area contributed by atoms with E-state index in [4.69, 9.17) is 0 Å². The summed E-state index contributed by atoms with van der Waals surface area (Å²) < 4.78 is 0. The Kier molecular flexibility index (Phi) is 4.49. The van der Waals surface area contributed by atoms with Gasteiger partial charge in [-0.15, -0.1) is 0 Å². The Labute approximate surface area is 136 Å². The predicted molar refractivity (Wildman–Crippen MR) is 94.2 cm³/mol. The Morgan fingerprint density at radius 2 is 1.67 bits per heavy atom. The first-order valence-electron chi connectivity index (χ1n) is 8.05. The molecule has 1 unspecified atom stereocenters. The van der Waals surface area contributed by atoms with Crippen molar-refractivity contribution >= 4 is 15.9 Å². The molecule has 0 saturated carbocycles. The number of benzene rings is 2. The van der Waals surface area contributed by atoms with Crippen LogP contribution in [-0.2, 0) is 25.7 Å². The van der Waals surface area contributed by atoms with E-state index in [0.717, 1.165) is 12.8 Å². The normalized spacial score (nSPS) is 16.0. The molecule has 1 atom stereocenters. The third-order valence-electron chi connectivity index (χ3n) is 4.79. The van der Waals surface area contributed by atoms with E-state index in [1.54, 1.807) is 0 Å². The largest absolute Gasteiger partial charge is 0.0835 e. The number of aryl methyl sites for hydroxylation is 2. The second kappa shape index (κ2) is 6.36. The van der Waals surface area contributed by atoms with Crippen molar-refractivity contribution in [2.45, 2.75) is 44.4 Å². The van der Waals surface area contributed by atoms with Gasteiger partial charge in [-0.05, 0) is 59.4 Å². The van der Waals surface area contributed by atoms with Gasteiger partial charge in [0.1, 0.15) is 0 Å². The van der Waals surface area contributed by atoms with E-state index in [9.17, 15) is 0 Å². The highest BCUT2D eigenvalue weighted by atomic mass is 79.9. The highest BCUT2D eigenvalue weighted by Crippen LogP contribution is 2.41. The van der Waals surface area contributed by atoms with Crippen LogP contribution < -0.4 is 0 Å². The van der Waals surface area contributed by atoms with Gasteiger partial charge in [0.05, 0.1) is 0 Å². The zero-order valence-corrected chi connectivity index (χ0v) is 14.5. The minimum atomic E-state index is 0.464. The van der Waals surface area contributed by atoms with Crippen molar-refractivity contribution < 1.29 is 0 Å². The molecule has 0 N–H and O–H groups in total. The van der Waals surface area contributed by atoms with Crippen molar-refractivity contribution in [3.8, 4) is 0 Å². The second-order valence-electron chi connectivity index (χ2n) is 6.08. The first-order valence-corrected chi connectivity index (χ1v) is 8.97. The lowest BCUT2D eigenvalue weighted by molar-refractivity contribution is 0.552. The number of halogens is 1. The van der Waals surface area contributed by atoms with E-state index in [-0.39, 0.29) is 0 Å². The summed E-state index contributed by atoms with van der Waals surface area (Å²) >= 11 is 4.03. The third kappa shape index (κ3) is 2.94. The molecule has 3 rings (SSSR count). The molecule has 0 aliphatic heterocycles. The Morgan fingerprint density at radius 3 is 2.24 bits per heavy atom. The molecule has 0 aromatic heterocycles. The summed E-state index contributed by atoms with van der Waals surface area (Å²) in [6, 6.07) is 15.9. The molecule has 110 valence electrons. The van der Waals surface area contributed by atoms with Gasteiger partial charge in [0, 0.05) is 4.83 Å². The number of hydrogen-bond donors (Lipinski definition) is 0. The second-order valence-corrected chi connectivity index (χ2v) is 7.07. The lowest BCUT2D eigenvalue weighted by Crippen LogP contribution is -2.10. The van der Waals surface area contributed by atoms with Crippen LogP contribution in [0, 0.1) is 5.92 Å². The minimum Gasteiger partial charge on any atom is -0.0835 e. The van der Waals surface area contributed by atoms with Gasteiger partial charge in [-0.3, -0.25) is 0 Å². The summed E-state index contributed by atoms with van der Waals surface area (Å²) in [6.45, 7) is 4.49. The molecular formula is C20H23Br. The van der Waals surface area contributed by atoms with Crippen molar-refractivity contribution in [2.75, 3.05) is 0 Å². The standard InChI is InChI=1S/C20H23Br/c1-3-14-9-10-15(4-2)19(11-14)20(21)18-12-16-7-5-6-8-17(16)13-18/h5-11,18,20H,3-4,12-13H2,1-2H3. The maximum atomic E-state index is 4.03. The summed E-state index contributed by atoms with van der Waals surface area (Å²) in [5, 5.41) is 0. The van der Waals surface area contributed by atoms with Crippen LogP contribution in [0.4, 0.5) is 0 Å². The molecule has 0 fully saturated rings. The minimum absolute atomic E-state index is 0.464. The van der Waals surface area contributed by atoms with Gasteiger partial charge in [-0.1, -0.05) is 72.2 Å². The molecule has 0 amide bonds. The van der Waals surface area contributed by atoms with Crippen LogP contribution in [-0.4, -0.2) is 0 Å². The van der Waals surface area contributed by atoms with Crippen LogP contribution in [0.5, 0.6) is 0 Å². The number of hydrogen-bond acceptors (Lipinski definition) is 0. The van der Waals surface area contributed by atoms with E-state index in [2.05, 4.69) is 72.2 Å². The molecule has 1 heteroatoms. The molecule has 0 heterocycles. The van der Waals surface area contributed by atoms with Crippen LogP contribution in [0.25, 0.3) is 0 Å². The van der Waals surface area contributed by atoms with Crippen molar-refractivity contribution in [1.82, 2.24) is 0 Å². The van der Waals surface area contributed by atoms with E-state index < -0.39 is 0 Å². The van der Waals surface area contributed by atoms with Crippen molar-refractivity contribution in [3.63, 3.8) is 0 Å². The van der Waals surface area contributed by atoms with Crippen LogP contribution >= 0.6 is 15.9 Å². The summed E-state index contributed by atoms with van der Waals surface area (Å²) in [5.74, 6) is 0.680. The van der Waals surface area contributed by atoms with E-state index in [0.29, 0.717) is 10.7 Å². The molecule has 0 radical (unpaired) electrons. The predicted octanol–water partition coefficient (Wildman–Crippen LogP) is 5.66. The fourth-order valence-corrected chi connectivity index (χ4v) is 4.30. The van der Waals surface area contributed by atoms with Crippen LogP contribution in [0.3, 0.4) is 0 Å². The average Bonchev–Trinajstić information content (AvgIpc) is 2.97. The summed E-state index contributed by atoms with van der Waals surface area (Å²) in [4.78, 5) is 0.464. The molecule has 0 nitrogen and oxygen atoms in total. The van der Waals surface area contributed by atoms with Crippen molar-refractivity contribution in [3.05, 3.63) is 70.3 Å². The zero-order chi connectivity index (χ0) is 14.8. The molecule has 0 bridgehead atoms. The van der Waals surface area contributed by atoms with Gasteiger partial charge < -0.3 is 0 Å². The molecule has 1 aliphatic carbocycles. The van der Waals surface area contributed by atoms with E-state index in [1.165, 1.54) is 40.7 Å². The van der Waals surface area contributed by atoms with Gasteiger partial charge in [0.2, 0.25) is 0 Å². The highest BCUT2D eigenvalue weighted by Gasteiger charge is 2.28. The highest BCUT2D eigenvalue weighted by molar-refractivity contribution is 9.09. The van der Waals surface area contributed by atoms with Gasteiger partial charge in [0.25, 0.3) is 0 Å². The Morgan fingerprint density at radius 1 is 1.00 bits per heavy atom. The van der Waals surface area contributed by atoms with Crippen molar-refractivity contribution in [1.29, 1.82) is 0 Å². The monoisotopic (exact) mass is 342 g/mol. The Bertz CT molecular complexity index is 604. The third-order valence-corrected chi connectivity index (χ3v) is 6.03. The molecule has 1 aliphatic rings. The fraction of sp³-hybridized carbons (Fsp3) is 0.400. The first-order chi connectivity index (χ1) is 10.2. The van der Waals surface area contributed by atoms with Crippen LogP contribution in [0.2, 0.25) is 0 Å². The molecular weight excluding hydrogens is 320 g/mol. The fourth-order valence-electron chi connectivity index (χ4n) is 3.50. The number of alkyl halides is 1. The number of rotatable bonds is 4. The molecule has 2 aromatic rings. The Balaban J connectivity index is 1.88. The first kappa shape index (κ1) is 14.8. The lowest BCUT2D eigenvalue weighted by Gasteiger charge is -2.21. The SMILES string of the molecule is CCc1ccc(CC)c(C(Br)C2Cc3ccccc3C2)c1. The zero-order valence-electron chi connectivity index (χ0n) is 12.9. The summed E-state index contributed by atoms with van der Waals surface area (Å²) in [6.07, 6.45) is 4.62.